The average Bonchev–Trinajstić information content (AvgIpc) is 2.61. The van der Waals surface area contributed by atoms with Crippen LogP contribution >= 0.6 is 0 Å². The SMILES string of the molecule is CS(=O)(=O)c1cccnc1N1CCN(Cc2cccnc2C(F)(F)F)CC1. The summed E-state index contributed by atoms with van der Waals surface area (Å²) in [6.45, 7) is 2.07. The molecule has 2 aromatic heterocycles. The fraction of sp³-hybridized carbons (Fsp3) is 0.412. The van der Waals surface area contributed by atoms with Crippen LogP contribution in [0.4, 0.5) is 19.0 Å². The Kier molecular flexibility index (Phi) is 5.38. The van der Waals surface area contributed by atoms with Crippen LogP contribution < -0.4 is 4.90 Å². The third kappa shape index (κ3) is 4.56. The van der Waals surface area contributed by atoms with Crippen LogP contribution in [0.5, 0.6) is 0 Å². The van der Waals surface area contributed by atoms with E-state index in [0.29, 0.717) is 32.0 Å². The second kappa shape index (κ2) is 7.43. The van der Waals surface area contributed by atoms with Crippen molar-refractivity contribution in [2.75, 3.05) is 37.3 Å². The number of sulfone groups is 1. The molecule has 0 radical (unpaired) electrons. The van der Waals surface area contributed by atoms with E-state index in [0.717, 1.165) is 12.5 Å². The molecule has 2 aromatic rings. The van der Waals surface area contributed by atoms with Crippen LogP contribution in [0.25, 0.3) is 0 Å². The fourth-order valence-corrected chi connectivity index (χ4v) is 3.93. The highest BCUT2D eigenvalue weighted by Gasteiger charge is 2.35. The van der Waals surface area contributed by atoms with Gasteiger partial charge in [-0.25, -0.2) is 13.4 Å². The third-order valence-corrected chi connectivity index (χ3v) is 5.49. The molecule has 0 spiro atoms. The number of halogens is 3. The van der Waals surface area contributed by atoms with Crippen molar-refractivity contribution in [2.24, 2.45) is 0 Å². The molecule has 3 rings (SSSR count). The van der Waals surface area contributed by atoms with Gasteiger partial charge in [0.25, 0.3) is 0 Å². The van der Waals surface area contributed by atoms with Crippen molar-refractivity contribution < 1.29 is 21.6 Å². The van der Waals surface area contributed by atoms with Crippen LogP contribution in [0.3, 0.4) is 0 Å². The summed E-state index contributed by atoms with van der Waals surface area (Å²) < 4.78 is 63.1. The standard InChI is InChI=1S/C17H19F3N4O2S/c1-27(25,26)14-5-3-7-22-16(14)24-10-8-23(9-11-24)12-13-4-2-6-21-15(13)17(18,19)20/h2-7H,8-12H2,1H3. The largest absolute Gasteiger partial charge is 0.433 e. The highest BCUT2D eigenvalue weighted by molar-refractivity contribution is 7.90. The first-order valence-electron chi connectivity index (χ1n) is 8.30. The Morgan fingerprint density at radius 3 is 2.30 bits per heavy atom. The lowest BCUT2D eigenvalue weighted by atomic mass is 10.1. The number of pyridine rings is 2. The lowest BCUT2D eigenvalue weighted by molar-refractivity contribution is -0.142. The van der Waals surface area contributed by atoms with E-state index in [1.54, 1.807) is 6.07 Å². The van der Waals surface area contributed by atoms with E-state index in [2.05, 4.69) is 9.97 Å². The summed E-state index contributed by atoms with van der Waals surface area (Å²) >= 11 is 0. The average molecular weight is 400 g/mol. The molecule has 0 N–H and O–H groups in total. The molecule has 0 aliphatic carbocycles. The van der Waals surface area contributed by atoms with Gasteiger partial charge in [-0.15, -0.1) is 0 Å². The van der Waals surface area contributed by atoms with Crippen LogP contribution in [-0.2, 0) is 22.6 Å². The van der Waals surface area contributed by atoms with Crippen molar-refractivity contribution in [3.63, 3.8) is 0 Å². The number of alkyl halides is 3. The topological polar surface area (TPSA) is 66.4 Å². The molecule has 0 bridgehead atoms. The second-order valence-electron chi connectivity index (χ2n) is 6.37. The van der Waals surface area contributed by atoms with Crippen LogP contribution in [-0.4, -0.2) is 55.7 Å². The Morgan fingerprint density at radius 1 is 1.04 bits per heavy atom. The number of anilines is 1. The number of rotatable bonds is 4. The summed E-state index contributed by atoms with van der Waals surface area (Å²) in [4.78, 5) is 11.6. The van der Waals surface area contributed by atoms with Gasteiger partial charge in [0, 0.05) is 51.4 Å². The number of aromatic nitrogens is 2. The molecule has 1 saturated heterocycles. The summed E-state index contributed by atoms with van der Waals surface area (Å²) in [6, 6.07) is 6.00. The van der Waals surface area contributed by atoms with Gasteiger partial charge in [0.15, 0.2) is 9.84 Å². The Balaban J connectivity index is 1.71. The van der Waals surface area contributed by atoms with E-state index in [9.17, 15) is 21.6 Å². The van der Waals surface area contributed by atoms with Crippen molar-refractivity contribution in [3.8, 4) is 0 Å². The van der Waals surface area contributed by atoms with Crippen LogP contribution in [0.2, 0.25) is 0 Å². The van der Waals surface area contributed by atoms with E-state index in [1.807, 2.05) is 9.80 Å². The van der Waals surface area contributed by atoms with Crippen molar-refractivity contribution in [1.82, 2.24) is 14.9 Å². The highest BCUT2D eigenvalue weighted by Crippen LogP contribution is 2.31. The second-order valence-corrected chi connectivity index (χ2v) is 8.35. The van der Waals surface area contributed by atoms with E-state index in [-0.39, 0.29) is 17.0 Å². The van der Waals surface area contributed by atoms with Gasteiger partial charge in [-0.3, -0.25) is 9.88 Å². The van der Waals surface area contributed by atoms with Crippen LogP contribution in [0, 0.1) is 0 Å². The van der Waals surface area contributed by atoms with Gasteiger partial charge in [-0.05, 0) is 23.8 Å². The lowest BCUT2D eigenvalue weighted by Crippen LogP contribution is -2.46. The zero-order valence-electron chi connectivity index (χ0n) is 14.6. The summed E-state index contributed by atoms with van der Waals surface area (Å²) in [5.41, 5.74) is -0.732. The quantitative estimate of drug-likeness (QED) is 0.784. The molecule has 1 aliphatic rings. The molecular formula is C17H19F3N4O2S. The molecule has 0 aromatic carbocycles. The van der Waals surface area contributed by atoms with Crippen molar-refractivity contribution in [1.29, 1.82) is 0 Å². The third-order valence-electron chi connectivity index (χ3n) is 4.38. The smallest absolute Gasteiger partial charge is 0.353 e. The fourth-order valence-electron chi connectivity index (χ4n) is 3.09. The Morgan fingerprint density at radius 2 is 1.67 bits per heavy atom. The Labute approximate surface area is 155 Å². The first-order chi connectivity index (χ1) is 12.7. The molecule has 0 amide bonds. The van der Waals surface area contributed by atoms with Gasteiger partial charge < -0.3 is 4.90 Å². The Bertz CT molecular complexity index is 910. The van der Waals surface area contributed by atoms with Gasteiger partial charge in [0.05, 0.1) is 0 Å². The molecule has 6 nitrogen and oxygen atoms in total. The first-order valence-corrected chi connectivity index (χ1v) is 10.2. The maximum atomic E-state index is 13.1. The first kappa shape index (κ1) is 19.6. The number of hydrogen-bond acceptors (Lipinski definition) is 6. The Hall–Kier alpha value is -2.20. The van der Waals surface area contributed by atoms with Crippen molar-refractivity contribution in [3.05, 3.63) is 47.9 Å². The maximum absolute atomic E-state index is 13.1. The normalized spacial score (nSPS) is 16.5. The number of piperazine rings is 1. The van der Waals surface area contributed by atoms with Crippen molar-refractivity contribution in [2.45, 2.75) is 17.6 Å². The number of hydrogen-bond donors (Lipinski definition) is 0. The molecule has 0 saturated carbocycles. The van der Waals surface area contributed by atoms with Gasteiger partial charge in [-0.1, -0.05) is 6.07 Å². The van der Waals surface area contributed by atoms with E-state index in [4.69, 9.17) is 0 Å². The molecule has 0 atom stereocenters. The zero-order valence-corrected chi connectivity index (χ0v) is 15.5. The maximum Gasteiger partial charge on any atom is 0.433 e. The predicted octanol–water partition coefficient (Wildman–Crippen LogP) is 2.22. The highest BCUT2D eigenvalue weighted by atomic mass is 32.2. The minimum atomic E-state index is -4.49. The van der Waals surface area contributed by atoms with Gasteiger partial charge in [0.1, 0.15) is 16.4 Å². The molecule has 3 heterocycles. The van der Waals surface area contributed by atoms with Gasteiger partial charge in [-0.2, -0.15) is 13.2 Å². The van der Waals surface area contributed by atoms with Crippen LogP contribution in [0.15, 0.2) is 41.6 Å². The molecule has 1 fully saturated rings. The monoisotopic (exact) mass is 400 g/mol. The molecule has 146 valence electrons. The molecule has 0 unspecified atom stereocenters. The van der Waals surface area contributed by atoms with E-state index >= 15 is 0 Å². The molecule has 1 aliphatic heterocycles. The van der Waals surface area contributed by atoms with E-state index < -0.39 is 21.7 Å². The summed E-state index contributed by atoms with van der Waals surface area (Å²) in [6.07, 6.45) is -0.693. The molecule has 10 heteroatoms. The van der Waals surface area contributed by atoms with Gasteiger partial charge in [0.2, 0.25) is 0 Å². The van der Waals surface area contributed by atoms with Crippen molar-refractivity contribution >= 4 is 15.7 Å². The molecule has 27 heavy (non-hydrogen) atoms. The predicted molar refractivity (Wildman–Crippen MR) is 94.1 cm³/mol. The zero-order chi connectivity index (χ0) is 19.7. The summed E-state index contributed by atoms with van der Waals surface area (Å²) in [5.74, 6) is 0.386. The minimum Gasteiger partial charge on any atom is -0.353 e. The van der Waals surface area contributed by atoms with Gasteiger partial charge >= 0.3 is 6.18 Å². The van der Waals surface area contributed by atoms with Crippen LogP contribution in [0.1, 0.15) is 11.3 Å². The molecular weight excluding hydrogens is 381 g/mol. The summed E-state index contributed by atoms with van der Waals surface area (Å²) in [7, 11) is -3.42. The number of nitrogens with zero attached hydrogens (tertiary/aromatic N) is 4. The minimum absolute atomic E-state index is 0.133. The van der Waals surface area contributed by atoms with E-state index in [1.165, 1.54) is 24.4 Å². The lowest BCUT2D eigenvalue weighted by Gasteiger charge is -2.36. The summed E-state index contributed by atoms with van der Waals surface area (Å²) in [5, 5.41) is 0.